The molecule has 2 N–H and O–H groups in total. The molecule has 2 amide bonds. The Morgan fingerprint density at radius 1 is 1.37 bits per heavy atom. The lowest BCUT2D eigenvalue weighted by Crippen LogP contribution is -2.66. The summed E-state index contributed by atoms with van der Waals surface area (Å²) >= 11 is 0. The molecule has 0 saturated carbocycles. The van der Waals surface area contributed by atoms with Gasteiger partial charge in [-0.25, -0.2) is 0 Å². The molecule has 0 spiro atoms. The number of piperidine rings is 1. The maximum absolute atomic E-state index is 12.4. The molecule has 5 nitrogen and oxygen atoms in total. The van der Waals surface area contributed by atoms with E-state index in [1.807, 2.05) is 11.8 Å². The number of nitrogens with one attached hydrogen (secondary N) is 1. The molecule has 2 saturated heterocycles. The Bertz CT molecular complexity index is 362. The van der Waals surface area contributed by atoms with Crippen LogP contribution in [0, 0.1) is 17.8 Å². The van der Waals surface area contributed by atoms with Gasteiger partial charge >= 0.3 is 0 Å². The molecule has 5 heteroatoms. The van der Waals surface area contributed by atoms with Crippen molar-refractivity contribution >= 4 is 11.8 Å². The van der Waals surface area contributed by atoms with Gasteiger partial charge in [-0.3, -0.25) is 9.59 Å². The molecule has 0 aliphatic carbocycles. The lowest BCUT2D eigenvalue weighted by atomic mass is 9.78. The van der Waals surface area contributed by atoms with Crippen LogP contribution in [0.5, 0.6) is 0 Å². The van der Waals surface area contributed by atoms with Crippen molar-refractivity contribution in [1.82, 2.24) is 10.2 Å². The van der Waals surface area contributed by atoms with Crippen LogP contribution < -0.4 is 5.32 Å². The number of aliphatic hydroxyl groups excluding tert-OH is 1. The maximum atomic E-state index is 12.4. The van der Waals surface area contributed by atoms with E-state index in [0.717, 1.165) is 25.9 Å². The summed E-state index contributed by atoms with van der Waals surface area (Å²) in [6.07, 6.45) is 1.40. The van der Waals surface area contributed by atoms with Crippen molar-refractivity contribution < 1.29 is 14.7 Å². The molecule has 4 atom stereocenters. The van der Waals surface area contributed by atoms with Gasteiger partial charge in [-0.1, -0.05) is 13.8 Å². The van der Waals surface area contributed by atoms with Crippen LogP contribution in [0.2, 0.25) is 0 Å². The Morgan fingerprint density at radius 2 is 1.95 bits per heavy atom. The van der Waals surface area contributed by atoms with Crippen molar-refractivity contribution in [3.05, 3.63) is 0 Å². The van der Waals surface area contributed by atoms with Crippen LogP contribution in [-0.4, -0.2) is 47.1 Å². The van der Waals surface area contributed by atoms with Gasteiger partial charge < -0.3 is 15.3 Å². The summed E-state index contributed by atoms with van der Waals surface area (Å²) in [5.74, 6) is -0.0594. The van der Waals surface area contributed by atoms with E-state index in [2.05, 4.69) is 12.2 Å². The average molecular weight is 268 g/mol. The second-order valence-electron chi connectivity index (χ2n) is 6.10. The standard InChI is InChI=1S/C14H24N2O3/c1-8-4-6-16(7-5-8)14(19)9(2)12-11(10(3)17)13(18)15-12/h8-12,17H,4-7H2,1-3H3,(H,15,18)/t9?,10-,11-,12-/m1/s1. The number of hydrogen-bond acceptors (Lipinski definition) is 3. The van der Waals surface area contributed by atoms with E-state index in [1.54, 1.807) is 6.92 Å². The number of carbonyl (C=O) groups is 2. The van der Waals surface area contributed by atoms with E-state index in [4.69, 9.17) is 0 Å². The fourth-order valence-electron chi connectivity index (χ4n) is 3.04. The summed E-state index contributed by atoms with van der Waals surface area (Å²) in [6.45, 7) is 7.28. The second-order valence-corrected chi connectivity index (χ2v) is 6.10. The lowest BCUT2D eigenvalue weighted by molar-refractivity contribution is -0.149. The third-order valence-electron chi connectivity index (χ3n) is 4.54. The molecule has 19 heavy (non-hydrogen) atoms. The van der Waals surface area contributed by atoms with Crippen LogP contribution >= 0.6 is 0 Å². The first-order chi connectivity index (χ1) is 8.91. The number of carbonyl (C=O) groups excluding carboxylic acids is 2. The Labute approximate surface area is 114 Å². The van der Waals surface area contributed by atoms with Crippen molar-refractivity contribution in [1.29, 1.82) is 0 Å². The normalized spacial score (nSPS) is 31.4. The molecule has 2 heterocycles. The highest BCUT2D eigenvalue weighted by molar-refractivity contribution is 5.90. The monoisotopic (exact) mass is 268 g/mol. The minimum absolute atomic E-state index is 0.0996. The van der Waals surface area contributed by atoms with Crippen LogP contribution in [0.25, 0.3) is 0 Å². The largest absolute Gasteiger partial charge is 0.393 e. The topological polar surface area (TPSA) is 69.6 Å². The molecule has 0 radical (unpaired) electrons. The second kappa shape index (κ2) is 5.49. The molecular formula is C14H24N2O3. The first-order valence-corrected chi connectivity index (χ1v) is 7.19. The smallest absolute Gasteiger partial charge is 0.228 e. The van der Waals surface area contributed by atoms with Gasteiger partial charge in [0.15, 0.2) is 0 Å². The van der Waals surface area contributed by atoms with Crippen molar-refractivity contribution in [3.63, 3.8) is 0 Å². The number of hydrogen-bond donors (Lipinski definition) is 2. The zero-order valence-corrected chi connectivity index (χ0v) is 11.9. The molecule has 0 aromatic heterocycles. The zero-order valence-electron chi connectivity index (χ0n) is 11.9. The third-order valence-corrected chi connectivity index (χ3v) is 4.54. The molecule has 0 aromatic carbocycles. The summed E-state index contributed by atoms with van der Waals surface area (Å²) < 4.78 is 0. The van der Waals surface area contributed by atoms with Gasteiger partial charge in [0.1, 0.15) is 0 Å². The minimum atomic E-state index is -0.699. The third kappa shape index (κ3) is 2.76. The van der Waals surface area contributed by atoms with Gasteiger partial charge in [0.25, 0.3) is 0 Å². The predicted octanol–water partition coefficient (Wildman–Crippen LogP) is 0.376. The number of likely N-dealkylation sites (tertiary alicyclic amines) is 1. The highest BCUT2D eigenvalue weighted by Gasteiger charge is 2.47. The summed E-state index contributed by atoms with van der Waals surface area (Å²) in [5, 5.41) is 12.4. The fourth-order valence-corrected chi connectivity index (χ4v) is 3.04. The number of β-lactam (4-membered cyclic amide) rings is 1. The Hall–Kier alpha value is -1.10. The first kappa shape index (κ1) is 14.3. The molecule has 2 fully saturated rings. The molecule has 0 bridgehead atoms. The summed E-state index contributed by atoms with van der Waals surface area (Å²) in [5.41, 5.74) is 0. The highest BCUT2D eigenvalue weighted by Crippen LogP contribution is 2.28. The first-order valence-electron chi connectivity index (χ1n) is 7.19. The van der Waals surface area contributed by atoms with Crippen molar-refractivity contribution in [3.8, 4) is 0 Å². The van der Waals surface area contributed by atoms with E-state index in [9.17, 15) is 14.7 Å². The van der Waals surface area contributed by atoms with Crippen LogP contribution in [0.15, 0.2) is 0 Å². The Balaban J connectivity index is 1.94. The average Bonchev–Trinajstić information content (AvgIpc) is 2.34. The molecule has 108 valence electrons. The van der Waals surface area contributed by atoms with E-state index in [1.165, 1.54) is 0 Å². The zero-order chi connectivity index (χ0) is 14.2. The van der Waals surface area contributed by atoms with Crippen LogP contribution in [0.4, 0.5) is 0 Å². The quantitative estimate of drug-likeness (QED) is 0.727. The lowest BCUT2D eigenvalue weighted by Gasteiger charge is -2.43. The molecule has 2 aliphatic rings. The van der Waals surface area contributed by atoms with Crippen molar-refractivity contribution in [2.45, 2.75) is 45.8 Å². The SMILES string of the molecule is CC1CCN(C(=O)C(C)[C@H]2NC(=O)[C@@H]2[C@@H](C)O)CC1. The van der Waals surface area contributed by atoms with Gasteiger partial charge in [-0.15, -0.1) is 0 Å². The van der Waals surface area contributed by atoms with E-state index in [0.29, 0.717) is 5.92 Å². The van der Waals surface area contributed by atoms with Gasteiger partial charge in [0.2, 0.25) is 11.8 Å². The number of nitrogens with zero attached hydrogens (tertiary/aromatic N) is 1. The van der Waals surface area contributed by atoms with Crippen LogP contribution in [-0.2, 0) is 9.59 Å². The molecule has 1 unspecified atom stereocenters. The van der Waals surface area contributed by atoms with Crippen molar-refractivity contribution in [2.75, 3.05) is 13.1 Å². The highest BCUT2D eigenvalue weighted by atomic mass is 16.3. The molecule has 0 aromatic rings. The summed E-state index contributed by atoms with van der Waals surface area (Å²) in [4.78, 5) is 25.7. The van der Waals surface area contributed by atoms with Gasteiger partial charge in [-0.05, 0) is 25.7 Å². The minimum Gasteiger partial charge on any atom is -0.393 e. The summed E-state index contributed by atoms with van der Waals surface area (Å²) in [6, 6.07) is -0.223. The molecule has 2 aliphatic heterocycles. The Morgan fingerprint density at radius 3 is 2.42 bits per heavy atom. The van der Waals surface area contributed by atoms with Crippen LogP contribution in [0.1, 0.15) is 33.6 Å². The van der Waals surface area contributed by atoms with Gasteiger partial charge in [0.05, 0.1) is 24.0 Å². The van der Waals surface area contributed by atoms with E-state index < -0.39 is 12.0 Å². The molecule has 2 rings (SSSR count). The number of amides is 2. The van der Waals surface area contributed by atoms with E-state index >= 15 is 0 Å². The van der Waals surface area contributed by atoms with Gasteiger partial charge in [0, 0.05) is 13.1 Å². The Kier molecular flexibility index (Phi) is 4.13. The van der Waals surface area contributed by atoms with E-state index in [-0.39, 0.29) is 23.8 Å². The molecular weight excluding hydrogens is 244 g/mol. The van der Waals surface area contributed by atoms with Crippen molar-refractivity contribution in [2.24, 2.45) is 17.8 Å². The predicted molar refractivity (Wildman–Crippen MR) is 71.2 cm³/mol. The van der Waals surface area contributed by atoms with Crippen LogP contribution in [0.3, 0.4) is 0 Å². The fraction of sp³-hybridized carbons (Fsp3) is 0.857. The summed E-state index contributed by atoms with van der Waals surface area (Å²) in [7, 11) is 0. The van der Waals surface area contributed by atoms with Gasteiger partial charge in [-0.2, -0.15) is 0 Å². The number of rotatable bonds is 3. The maximum Gasteiger partial charge on any atom is 0.228 e. The number of aliphatic hydroxyl groups is 1.